The molecule has 0 atom stereocenters. The molecule has 6 heteroatoms. The van der Waals surface area contributed by atoms with Crippen LogP contribution in [-0.2, 0) is 10.5 Å². The van der Waals surface area contributed by atoms with Crippen LogP contribution < -0.4 is 5.32 Å². The number of carbonyl (C=O) groups excluding carboxylic acids is 1. The molecule has 0 radical (unpaired) electrons. The quantitative estimate of drug-likeness (QED) is 0.481. The number of carbonyl (C=O) groups is 1. The van der Waals surface area contributed by atoms with E-state index in [0.29, 0.717) is 11.5 Å². The van der Waals surface area contributed by atoms with Crippen molar-refractivity contribution in [3.8, 4) is 11.5 Å². The minimum absolute atomic E-state index is 0.00210. The summed E-state index contributed by atoms with van der Waals surface area (Å²) in [6.45, 7) is 1.99. The number of aromatic nitrogens is 3. The summed E-state index contributed by atoms with van der Waals surface area (Å²) in [6.07, 6.45) is 5.90. The summed E-state index contributed by atoms with van der Waals surface area (Å²) in [7, 11) is 0. The van der Waals surface area contributed by atoms with Crippen molar-refractivity contribution in [2.45, 2.75) is 12.7 Å². The summed E-state index contributed by atoms with van der Waals surface area (Å²) in [6, 6.07) is 21.9. The number of benzene rings is 2. The van der Waals surface area contributed by atoms with Gasteiger partial charge in [0.2, 0.25) is 5.91 Å². The van der Waals surface area contributed by atoms with Crippen LogP contribution in [0.5, 0.6) is 0 Å². The van der Waals surface area contributed by atoms with E-state index in [2.05, 4.69) is 15.0 Å². The van der Waals surface area contributed by atoms with Gasteiger partial charge in [0.25, 0.3) is 0 Å². The zero-order chi connectivity index (χ0) is 20.1. The van der Waals surface area contributed by atoms with Gasteiger partial charge in [0.15, 0.2) is 0 Å². The lowest BCUT2D eigenvalue weighted by atomic mass is 10.2. The van der Waals surface area contributed by atoms with E-state index in [-0.39, 0.29) is 5.91 Å². The zero-order valence-electron chi connectivity index (χ0n) is 16.2. The molecule has 1 amide bonds. The Hall–Kier alpha value is -3.25. The van der Waals surface area contributed by atoms with Gasteiger partial charge in [-0.3, -0.25) is 4.79 Å². The third kappa shape index (κ3) is 4.43. The van der Waals surface area contributed by atoms with Crippen LogP contribution in [0.4, 0.5) is 5.69 Å². The van der Waals surface area contributed by atoms with Gasteiger partial charge in [-0.2, -0.15) is 5.10 Å². The van der Waals surface area contributed by atoms with Gasteiger partial charge in [-0.25, -0.2) is 4.68 Å². The van der Waals surface area contributed by atoms with E-state index in [0.717, 1.165) is 28.3 Å². The summed E-state index contributed by atoms with van der Waals surface area (Å²) in [4.78, 5) is 12.3. The lowest BCUT2D eigenvalue weighted by molar-refractivity contribution is -0.113. The Bertz CT molecular complexity index is 1090. The van der Waals surface area contributed by atoms with Crippen molar-refractivity contribution < 1.29 is 4.79 Å². The molecule has 2 aromatic carbocycles. The van der Waals surface area contributed by atoms with Crippen molar-refractivity contribution in [1.29, 1.82) is 0 Å². The smallest absolute Gasteiger partial charge is 0.234 e. The zero-order valence-corrected chi connectivity index (χ0v) is 17.0. The maximum atomic E-state index is 12.3. The Labute approximate surface area is 174 Å². The number of anilines is 1. The van der Waals surface area contributed by atoms with Crippen LogP contribution in [0.3, 0.4) is 0 Å². The normalized spacial score (nSPS) is 10.8. The molecule has 0 aliphatic heterocycles. The molecule has 0 spiro atoms. The second-order valence-corrected chi connectivity index (χ2v) is 7.67. The number of rotatable bonds is 7. The number of hydrogen-bond acceptors (Lipinski definition) is 3. The van der Waals surface area contributed by atoms with Crippen LogP contribution in [0.15, 0.2) is 85.3 Å². The molecule has 146 valence electrons. The molecule has 0 saturated heterocycles. The van der Waals surface area contributed by atoms with Crippen molar-refractivity contribution >= 4 is 23.4 Å². The first-order valence-electron chi connectivity index (χ1n) is 9.41. The van der Waals surface area contributed by atoms with Gasteiger partial charge in [0, 0.05) is 29.4 Å². The van der Waals surface area contributed by atoms with Gasteiger partial charge in [0.1, 0.15) is 5.82 Å². The third-order valence-corrected chi connectivity index (χ3v) is 5.56. The first-order valence-corrected chi connectivity index (χ1v) is 10.6. The number of hydrogen-bond donors (Lipinski definition) is 1. The number of aryl methyl sites for hydroxylation is 1. The predicted molar refractivity (Wildman–Crippen MR) is 119 cm³/mol. The predicted octanol–water partition coefficient (Wildman–Crippen LogP) is 4.84. The van der Waals surface area contributed by atoms with Crippen LogP contribution in [0.1, 0.15) is 11.1 Å². The van der Waals surface area contributed by atoms with Crippen molar-refractivity contribution in [3.05, 3.63) is 96.4 Å². The molecule has 29 heavy (non-hydrogen) atoms. The lowest BCUT2D eigenvalue weighted by Gasteiger charge is -2.11. The molecule has 0 unspecified atom stereocenters. The maximum Gasteiger partial charge on any atom is 0.234 e. The highest BCUT2D eigenvalue weighted by atomic mass is 32.2. The number of nitrogens with zero attached hydrogens (tertiary/aromatic N) is 3. The van der Waals surface area contributed by atoms with E-state index in [1.165, 1.54) is 0 Å². The first kappa shape index (κ1) is 19.1. The lowest BCUT2D eigenvalue weighted by Crippen LogP contribution is -2.15. The Kier molecular flexibility index (Phi) is 5.81. The summed E-state index contributed by atoms with van der Waals surface area (Å²) >= 11 is 1.58. The molecule has 0 fully saturated rings. The fraction of sp³-hybridized carbons (Fsp3) is 0.130. The van der Waals surface area contributed by atoms with Crippen LogP contribution in [-0.4, -0.2) is 26.0 Å². The average Bonchev–Trinajstić information content (AvgIpc) is 3.40. The second-order valence-electron chi connectivity index (χ2n) is 6.69. The maximum absolute atomic E-state index is 12.3. The standard InChI is InChI=1S/C23H22N4OS/c1-18-9-5-6-12-21(18)25-22(28)17-29-16-19-15-24-27(20-10-3-2-4-11-20)23(19)26-13-7-8-14-26/h2-15H,16-17H2,1H3,(H,25,28). The molecule has 0 bridgehead atoms. The van der Waals surface area contributed by atoms with Crippen LogP contribution in [0, 0.1) is 6.92 Å². The number of amides is 1. The topological polar surface area (TPSA) is 51.9 Å². The minimum Gasteiger partial charge on any atom is -0.325 e. The highest BCUT2D eigenvalue weighted by molar-refractivity contribution is 7.99. The van der Waals surface area contributed by atoms with E-state index in [9.17, 15) is 4.79 Å². The van der Waals surface area contributed by atoms with Gasteiger partial charge in [-0.15, -0.1) is 11.8 Å². The second kappa shape index (κ2) is 8.84. The summed E-state index contributed by atoms with van der Waals surface area (Å²) in [5.74, 6) is 2.08. The first-order chi connectivity index (χ1) is 14.2. The SMILES string of the molecule is Cc1ccccc1NC(=O)CSCc1cnn(-c2ccccc2)c1-n1cccc1. The molecule has 4 aromatic rings. The molecule has 0 saturated carbocycles. The highest BCUT2D eigenvalue weighted by Crippen LogP contribution is 2.24. The van der Waals surface area contributed by atoms with Crippen molar-refractivity contribution in [2.24, 2.45) is 0 Å². The van der Waals surface area contributed by atoms with Gasteiger partial charge in [0.05, 0.1) is 17.6 Å². The van der Waals surface area contributed by atoms with E-state index >= 15 is 0 Å². The van der Waals surface area contributed by atoms with E-state index in [1.807, 2.05) is 96.9 Å². The largest absolute Gasteiger partial charge is 0.325 e. The van der Waals surface area contributed by atoms with E-state index < -0.39 is 0 Å². The number of para-hydroxylation sites is 2. The summed E-state index contributed by atoms with van der Waals surface area (Å²) in [5.41, 5.74) is 4.01. The Morgan fingerprint density at radius 2 is 1.72 bits per heavy atom. The minimum atomic E-state index is 0.00210. The number of nitrogens with one attached hydrogen (secondary N) is 1. The molecule has 0 aliphatic carbocycles. The Balaban J connectivity index is 1.47. The molecular formula is C23H22N4OS. The van der Waals surface area contributed by atoms with Crippen LogP contribution in [0.25, 0.3) is 11.5 Å². The van der Waals surface area contributed by atoms with Crippen LogP contribution in [0.2, 0.25) is 0 Å². The Morgan fingerprint density at radius 1 is 1.00 bits per heavy atom. The molecule has 5 nitrogen and oxygen atoms in total. The molecule has 4 rings (SSSR count). The average molecular weight is 403 g/mol. The summed E-state index contributed by atoms with van der Waals surface area (Å²) in [5, 5.41) is 7.59. The monoisotopic (exact) mass is 402 g/mol. The number of thioether (sulfide) groups is 1. The third-order valence-electron chi connectivity index (χ3n) is 4.58. The van der Waals surface area contributed by atoms with Crippen LogP contribution >= 0.6 is 11.8 Å². The van der Waals surface area contributed by atoms with Gasteiger partial charge < -0.3 is 9.88 Å². The molecule has 1 N–H and O–H groups in total. The fourth-order valence-electron chi connectivity index (χ4n) is 3.14. The Morgan fingerprint density at radius 3 is 2.48 bits per heavy atom. The van der Waals surface area contributed by atoms with E-state index in [4.69, 9.17) is 0 Å². The van der Waals surface area contributed by atoms with Crippen molar-refractivity contribution in [3.63, 3.8) is 0 Å². The summed E-state index contributed by atoms with van der Waals surface area (Å²) < 4.78 is 3.99. The van der Waals surface area contributed by atoms with E-state index in [1.54, 1.807) is 11.8 Å². The van der Waals surface area contributed by atoms with Gasteiger partial charge in [-0.1, -0.05) is 36.4 Å². The fourth-order valence-corrected chi connectivity index (χ4v) is 3.92. The highest BCUT2D eigenvalue weighted by Gasteiger charge is 2.14. The van der Waals surface area contributed by atoms with Gasteiger partial charge in [-0.05, 0) is 42.8 Å². The molecule has 2 heterocycles. The van der Waals surface area contributed by atoms with Gasteiger partial charge >= 0.3 is 0 Å². The molecule has 2 aromatic heterocycles. The molecule has 0 aliphatic rings. The van der Waals surface area contributed by atoms with Crippen molar-refractivity contribution in [2.75, 3.05) is 11.1 Å². The molecular weight excluding hydrogens is 380 g/mol. The van der Waals surface area contributed by atoms with Crippen molar-refractivity contribution in [1.82, 2.24) is 14.3 Å².